The number of rotatable bonds is 13. The number of benzene rings is 2. The standard InChI is InChI=1S/C27H36O4/c1-4-5-6-7-8-12-21-30-25(28)19-20-26(29)31-24-17-15-23(16-18-24)27(2,3)22-13-10-9-11-14-22/h9-11,13-18H,4-8,12,19-21H2,1-3H3. The molecule has 4 heteroatoms. The second kappa shape index (κ2) is 12.9. The molecule has 0 N–H and O–H groups in total. The minimum absolute atomic E-state index is 0.0204. The highest BCUT2D eigenvalue weighted by molar-refractivity contribution is 5.79. The van der Waals surface area contributed by atoms with Gasteiger partial charge in [-0.2, -0.15) is 0 Å². The molecule has 0 aliphatic heterocycles. The summed E-state index contributed by atoms with van der Waals surface area (Å²) in [6.07, 6.45) is 6.93. The number of carbonyl (C=O) groups excluding carboxylic acids is 2. The maximum Gasteiger partial charge on any atom is 0.311 e. The molecule has 0 saturated heterocycles. The fraction of sp³-hybridized carbons (Fsp3) is 0.481. The molecule has 0 radical (unpaired) electrons. The number of hydrogen-bond acceptors (Lipinski definition) is 4. The van der Waals surface area contributed by atoms with E-state index in [0.29, 0.717) is 12.4 Å². The van der Waals surface area contributed by atoms with Crippen LogP contribution in [-0.4, -0.2) is 18.5 Å². The van der Waals surface area contributed by atoms with Gasteiger partial charge in [0.15, 0.2) is 0 Å². The molecule has 0 atom stereocenters. The first kappa shape index (κ1) is 24.6. The Morgan fingerprint density at radius 3 is 2.00 bits per heavy atom. The van der Waals surface area contributed by atoms with Crippen LogP contribution >= 0.6 is 0 Å². The van der Waals surface area contributed by atoms with Crippen molar-refractivity contribution >= 4 is 11.9 Å². The van der Waals surface area contributed by atoms with Crippen LogP contribution in [0, 0.1) is 0 Å². The second-order valence-corrected chi connectivity index (χ2v) is 8.48. The van der Waals surface area contributed by atoms with Gasteiger partial charge in [-0.25, -0.2) is 0 Å². The molecule has 0 amide bonds. The van der Waals surface area contributed by atoms with Crippen molar-refractivity contribution in [2.24, 2.45) is 0 Å². The molecule has 0 aromatic heterocycles. The van der Waals surface area contributed by atoms with Gasteiger partial charge in [0.05, 0.1) is 19.4 Å². The molecule has 4 nitrogen and oxygen atoms in total. The molecule has 2 aromatic rings. The number of unbranched alkanes of at least 4 members (excludes halogenated alkanes) is 5. The van der Waals surface area contributed by atoms with E-state index in [1.54, 1.807) is 12.1 Å². The fourth-order valence-electron chi connectivity index (χ4n) is 3.49. The topological polar surface area (TPSA) is 52.6 Å². The summed E-state index contributed by atoms with van der Waals surface area (Å²) in [6, 6.07) is 17.8. The first-order valence-electron chi connectivity index (χ1n) is 11.5. The first-order chi connectivity index (χ1) is 14.9. The van der Waals surface area contributed by atoms with Crippen molar-refractivity contribution in [2.45, 2.75) is 77.6 Å². The first-order valence-corrected chi connectivity index (χ1v) is 11.5. The Morgan fingerprint density at radius 1 is 0.742 bits per heavy atom. The van der Waals surface area contributed by atoms with E-state index in [1.807, 2.05) is 30.3 Å². The maximum atomic E-state index is 12.1. The lowest BCUT2D eigenvalue weighted by Gasteiger charge is -2.26. The predicted molar refractivity (Wildman–Crippen MR) is 124 cm³/mol. The quantitative estimate of drug-likeness (QED) is 0.206. The molecule has 0 spiro atoms. The summed E-state index contributed by atoms with van der Waals surface area (Å²) in [7, 11) is 0. The fourth-order valence-corrected chi connectivity index (χ4v) is 3.49. The highest BCUT2D eigenvalue weighted by atomic mass is 16.5. The van der Waals surface area contributed by atoms with Gasteiger partial charge in [-0.1, -0.05) is 95.3 Å². The molecule has 0 heterocycles. The van der Waals surface area contributed by atoms with Crippen LogP contribution in [0.15, 0.2) is 54.6 Å². The van der Waals surface area contributed by atoms with Crippen LogP contribution in [0.3, 0.4) is 0 Å². The largest absolute Gasteiger partial charge is 0.466 e. The monoisotopic (exact) mass is 424 g/mol. The van der Waals surface area contributed by atoms with Crippen LogP contribution in [-0.2, 0) is 19.7 Å². The van der Waals surface area contributed by atoms with E-state index in [2.05, 4.69) is 32.9 Å². The van der Waals surface area contributed by atoms with Crippen LogP contribution < -0.4 is 4.74 Å². The number of carbonyl (C=O) groups is 2. The van der Waals surface area contributed by atoms with Gasteiger partial charge >= 0.3 is 11.9 Å². The van der Waals surface area contributed by atoms with E-state index in [9.17, 15) is 9.59 Å². The van der Waals surface area contributed by atoms with Crippen molar-refractivity contribution in [3.8, 4) is 5.75 Å². The van der Waals surface area contributed by atoms with Crippen LogP contribution in [0.4, 0.5) is 0 Å². The van der Waals surface area contributed by atoms with Crippen molar-refractivity contribution < 1.29 is 19.1 Å². The highest BCUT2D eigenvalue weighted by Crippen LogP contribution is 2.32. The summed E-state index contributed by atoms with van der Waals surface area (Å²) < 4.78 is 10.6. The molecular formula is C27H36O4. The van der Waals surface area contributed by atoms with Crippen LogP contribution in [0.25, 0.3) is 0 Å². The average Bonchev–Trinajstić information content (AvgIpc) is 2.78. The Labute approximate surface area is 187 Å². The Bertz CT molecular complexity index is 794. The Hall–Kier alpha value is -2.62. The summed E-state index contributed by atoms with van der Waals surface area (Å²) in [5.74, 6) is -0.282. The van der Waals surface area contributed by atoms with E-state index in [4.69, 9.17) is 9.47 Å². The predicted octanol–water partition coefficient (Wildman–Crippen LogP) is 6.60. The normalized spacial score (nSPS) is 11.2. The molecule has 168 valence electrons. The van der Waals surface area contributed by atoms with Gasteiger partial charge in [-0.3, -0.25) is 9.59 Å². The molecule has 0 bridgehead atoms. The molecule has 0 unspecified atom stereocenters. The van der Waals surface area contributed by atoms with Crippen molar-refractivity contribution in [3.05, 3.63) is 65.7 Å². The molecule has 2 aromatic carbocycles. The summed E-state index contributed by atoms with van der Waals surface area (Å²) in [6.45, 7) is 6.95. The Kier molecular flexibility index (Phi) is 10.3. The van der Waals surface area contributed by atoms with Crippen molar-refractivity contribution in [1.29, 1.82) is 0 Å². The average molecular weight is 425 g/mol. The van der Waals surface area contributed by atoms with Crippen molar-refractivity contribution in [1.82, 2.24) is 0 Å². The molecular weight excluding hydrogens is 388 g/mol. The zero-order valence-electron chi connectivity index (χ0n) is 19.2. The van der Waals surface area contributed by atoms with Gasteiger partial charge in [0, 0.05) is 5.41 Å². The smallest absolute Gasteiger partial charge is 0.311 e. The van der Waals surface area contributed by atoms with Crippen molar-refractivity contribution in [2.75, 3.05) is 6.61 Å². The lowest BCUT2D eigenvalue weighted by Crippen LogP contribution is -2.18. The van der Waals surface area contributed by atoms with E-state index < -0.39 is 5.97 Å². The minimum Gasteiger partial charge on any atom is -0.466 e. The number of hydrogen-bond donors (Lipinski definition) is 0. The van der Waals surface area contributed by atoms with Crippen LogP contribution in [0.5, 0.6) is 5.75 Å². The number of esters is 2. The zero-order chi connectivity index (χ0) is 22.5. The van der Waals surface area contributed by atoms with Crippen molar-refractivity contribution in [3.63, 3.8) is 0 Å². The zero-order valence-corrected chi connectivity index (χ0v) is 19.2. The molecule has 0 fully saturated rings. The Morgan fingerprint density at radius 2 is 1.32 bits per heavy atom. The van der Waals surface area contributed by atoms with E-state index in [1.165, 1.54) is 31.2 Å². The van der Waals surface area contributed by atoms with Gasteiger partial charge in [-0.05, 0) is 29.7 Å². The summed E-state index contributed by atoms with van der Waals surface area (Å²) in [5, 5.41) is 0. The Balaban J connectivity index is 1.71. The maximum absolute atomic E-state index is 12.1. The van der Waals surface area contributed by atoms with Crippen LogP contribution in [0.1, 0.15) is 83.3 Å². The van der Waals surface area contributed by atoms with E-state index in [0.717, 1.165) is 18.4 Å². The lowest BCUT2D eigenvalue weighted by atomic mass is 9.78. The molecule has 31 heavy (non-hydrogen) atoms. The third kappa shape index (κ3) is 8.56. The van der Waals surface area contributed by atoms with Gasteiger partial charge in [0.1, 0.15) is 5.75 Å². The SMILES string of the molecule is CCCCCCCCOC(=O)CCC(=O)Oc1ccc(C(C)(C)c2ccccc2)cc1. The van der Waals surface area contributed by atoms with Gasteiger partial charge in [0.25, 0.3) is 0 Å². The molecule has 0 aliphatic carbocycles. The highest BCUT2D eigenvalue weighted by Gasteiger charge is 2.22. The second-order valence-electron chi connectivity index (χ2n) is 8.48. The summed E-state index contributed by atoms with van der Waals surface area (Å²) >= 11 is 0. The third-order valence-electron chi connectivity index (χ3n) is 5.60. The lowest BCUT2D eigenvalue weighted by molar-refractivity contribution is -0.147. The number of ether oxygens (including phenoxy) is 2. The molecule has 2 rings (SSSR count). The van der Waals surface area contributed by atoms with Gasteiger partial charge in [0.2, 0.25) is 0 Å². The third-order valence-corrected chi connectivity index (χ3v) is 5.60. The molecule has 0 saturated carbocycles. The van der Waals surface area contributed by atoms with E-state index >= 15 is 0 Å². The van der Waals surface area contributed by atoms with Gasteiger partial charge in [-0.15, -0.1) is 0 Å². The molecule has 0 aliphatic rings. The van der Waals surface area contributed by atoms with E-state index in [-0.39, 0.29) is 24.2 Å². The summed E-state index contributed by atoms with van der Waals surface area (Å²) in [4.78, 5) is 23.9. The summed E-state index contributed by atoms with van der Waals surface area (Å²) in [5.41, 5.74) is 2.21. The van der Waals surface area contributed by atoms with Gasteiger partial charge < -0.3 is 9.47 Å². The minimum atomic E-state index is -0.424. The van der Waals surface area contributed by atoms with Crippen LogP contribution in [0.2, 0.25) is 0 Å².